The minimum Gasteiger partial charge on any atom is -0.340 e. The Labute approximate surface area is 157 Å². The molecule has 3 heterocycles. The summed E-state index contributed by atoms with van der Waals surface area (Å²) in [4.78, 5) is 0. The van der Waals surface area contributed by atoms with Gasteiger partial charge in [-0.1, -0.05) is 36.4 Å². The summed E-state index contributed by atoms with van der Waals surface area (Å²) in [6.07, 6.45) is 0. The first-order valence-electron chi connectivity index (χ1n) is 9.14. The summed E-state index contributed by atoms with van der Waals surface area (Å²) in [6.45, 7) is 4.26. The largest absolute Gasteiger partial charge is 0.715 e. The fraction of sp³-hybridized carbons (Fsp3) is 0.130. The number of hydrogen-bond donors (Lipinski definition) is 0. The van der Waals surface area contributed by atoms with E-state index in [2.05, 4.69) is 59.4 Å². The van der Waals surface area contributed by atoms with Gasteiger partial charge >= 0.3 is 6.03 Å². The van der Waals surface area contributed by atoms with Crippen LogP contribution in [0.25, 0.3) is 0 Å². The highest BCUT2D eigenvalue weighted by Gasteiger charge is 2.74. The predicted octanol–water partition coefficient (Wildman–Crippen LogP) is 4.40. The minimum atomic E-state index is -1.08. The van der Waals surface area contributed by atoms with E-state index < -0.39 is 6.03 Å². The number of fused-ring (bicyclic) bond motifs is 5. The van der Waals surface area contributed by atoms with Crippen molar-refractivity contribution in [1.82, 2.24) is 0 Å². The minimum absolute atomic E-state index is 0.830. The molecule has 4 nitrogen and oxygen atoms in total. The van der Waals surface area contributed by atoms with Crippen molar-refractivity contribution in [1.29, 1.82) is 0 Å². The Morgan fingerprint density at radius 1 is 0.593 bits per heavy atom. The van der Waals surface area contributed by atoms with Crippen molar-refractivity contribution in [3.8, 4) is 11.5 Å². The van der Waals surface area contributed by atoms with E-state index in [1.165, 1.54) is 0 Å². The van der Waals surface area contributed by atoms with Crippen LogP contribution in [0.5, 0.6) is 11.5 Å². The Balaban J connectivity index is 1.77. The molecule has 130 valence electrons. The van der Waals surface area contributed by atoms with Crippen molar-refractivity contribution >= 4 is 22.8 Å². The summed E-state index contributed by atoms with van der Waals surface area (Å²) in [5.41, 5.74) is 6.55. The standard InChI is InChI=1S/C23H18N2O2/c1-15-17-9-3-7-13-21(17)26-23-24(15)19-11-5-6-12-20(19)25(23)16(2)18-10-4-8-14-22(18)27-23/h3-14H,1-2H3/q+2. The van der Waals surface area contributed by atoms with Crippen molar-refractivity contribution in [3.05, 3.63) is 83.9 Å². The van der Waals surface area contributed by atoms with Gasteiger partial charge in [0.05, 0.1) is 11.1 Å². The van der Waals surface area contributed by atoms with Crippen LogP contribution >= 0.6 is 0 Å². The zero-order valence-electron chi connectivity index (χ0n) is 15.1. The van der Waals surface area contributed by atoms with Gasteiger partial charge in [-0.05, 0) is 33.4 Å². The third-order valence-corrected chi connectivity index (χ3v) is 5.64. The van der Waals surface area contributed by atoms with Gasteiger partial charge in [-0.2, -0.15) is 0 Å². The molecule has 0 amide bonds. The summed E-state index contributed by atoms with van der Waals surface area (Å²) in [5.74, 6) is 1.66. The smallest absolute Gasteiger partial charge is 0.340 e. The van der Waals surface area contributed by atoms with Gasteiger partial charge in [0.1, 0.15) is 0 Å². The molecule has 0 aromatic heterocycles. The molecule has 0 saturated carbocycles. The first-order valence-corrected chi connectivity index (χ1v) is 9.14. The molecular weight excluding hydrogens is 336 g/mol. The first-order chi connectivity index (χ1) is 13.2. The normalized spacial score (nSPS) is 17.9. The summed E-state index contributed by atoms with van der Waals surface area (Å²) >= 11 is 0. The lowest BCUT2D eigenvalue weighted by Gasteiger charge is -2.29. The van der Waals surface area contributed by atoms with Gasteiger partial charge < -0.3 is 9.47 Å². The summed E-state index contributed by atoms with van der Waals surface area (Å²) in [6, 6.07) is 23.5. The Hall–Kier alpha value is -3.40. The van der Waals surface area contributed by atoms with Crippen molar-refractivity contribution in [2.45, 2.75) is 19.9 Å². The van der Waals surface area contributed by atoms with Crippen molar-refractivity contribution in [2.24, 2.45) is 0 Å². The summed E-state index contributed by atoms with van der Waals surface area (Å²) < 4.78 is 17.6. The Bertz CT molecular complexity index is 1110. The third-order valence-electron chi connectivity index (χ3n) is 5.64. The highest BCUT2D eigenvalue weighted by molar-refractivity contribution is 6.01. The maximum absolute atomic E-state index is 6.62. The number of rotatable bonds is 0. The Morgan fingerprint density at radius 2 is 1.00 bits per heavy atom. The van der Waals surface area contributed by atoms with Gasteiger partial charge in [0.15, 0.2) is 11.5 Å². The fourth-order valence-corrected chi connectivity index (χ4v) is 4.47. The molecule has 27 heavy (non-hydrogen) atoms. The molecule has 0 N–H and O–H groups in total. The molecule has 3 aromatic rings. The van der Waals surface area contributed by atoms with Crippen molar-refractivity contribution in [3.63, 3.8) is 0 Å². The van der Waals surface area contributed by atoms with Crippen LogP contribution in [0.3, 0.4) is 0 Å². The van der Waals surface area contributed by atoms with E-state index in [9.17, 15) is 0 Å². The van der Waals surface area contributed by atoms with Crippen LogP contribution in [0.1, 0.15) is 25.0 Å². The number of hydrogen-bond acceptors (Lipinski definition) is 2. The molecule has 0 atom stereocenters. The molecule has 0 radical (unpaired) electrons. The van der Waals surface area contributed by atoms with Crippen LogP contribution in [0.4, 0.5) is 11.4 Å². The highest BCUT2D eigenvalue weighted by Crippen LogP contribution is 2.50. The van der Waals surface area contributed by atoms with Crippen LogP contribution < -0.4 is 9.47 Å². The predicted molar refractivity (Wildman–Crippen MR) is 103 cm³/mol. The van der Waals surface area contributed by atoms with E-state index >= 15 is 0 Å². The van der Waals surface area contributed by atoms with Crippen LogP contribution in [-0.2, 0) is 0 Å². The van der Waals surface area contributed by atoms with Gasteiger partial charge in [0.25, 0.3) is 11.4 Å². The number of para-hydroxylation sites is 4. The van der Waals surface area contributed by atoms with E-state index in [1.807, 2.05) is 36.4 Å². The molecule has 0 aliphatic carbocycles. The Morgan fingerprint density at radius 3 is 1.48 bits per heavy atom. The molecule has 0 bridgehead atoms. The molecular formula is C23H18N2O2+2. The summed E-state index contributed by atoms with van der Waals surface area (Å²) in [5, 5.41) is 0. The molecule has 4 heteroatoms. The second-order valence-electron chi connectivity index (χ2n) is 7.08. The average molecular weight is 354 g/mol. The van der Waals surface area contributed by atoms with Gasteiger partial charge in [0.2, 0.25) is 11.4 Å². The molecule has 1 spiro atoms. The van der Waals surface area contributed by atoms with E-state index in [0.29, 0.717) is 0 Å². The van der Waals surface area contributed by atoms with Crippen molar-refractivity contribution in [2.75, 3.05) is 0 Å². The second-order valence-corrected chi connectivity index (χ2v) is 7.08. The van der Waals surface area contributed by atoms with Crippen LogP contribution in [0.2, 0.25) is 0 Å². The third kappa shape index (κ3) is 1.68. The number of ether oxygens (including phenoxy) is 2. The highest BCUT2D eigenvalue weighted by atomic mass is 16.7. The molecule has 3 aliphatic rings. The first kappa shape index (κ1) is 14.7. The van der Waals surface area contributed by atoms with E-state index in [1.54, 1.807) is 0 Å². The lowest BCUT2D eigenvalue weighted by molar-refractivity contribution is -0.835. The molecule has 3 aliphatic heterocycles. The second kappa shape index (κ2) is 4.86. The van der Waals surface area contributed by atoms with E-state index in [0.717, 1.165) is 45.4 Å². The average Bonchev–Trinajstić information content (AvgIpc) is 2.98. The van der Waals surface area contributed by atoms with E-state index in [-0.39, 0.29) is 0 Å². The zero-order valence-corrected chi connectivity index (χ0v) is 15.1. The van der Waals surface area contributed by atoms with Crippen LogP contribution in [0.15, 0.2) is 72.8 Å². The van der Waals surface area contributed by atoms with Gasteiger partial charge in [-0.15, -0.1) is 0 Å². The maximum atomic E-state index is 6.62. The Kier molecular flexibility index (Phi) is 2.65. The number of benzene rings is 3. The topological polar surface area (TPSA) is 24.5 Å². The van der Waals surface area contributed by atoms with E-state index in [4.69, 9.17) is 9.47 Å². The molecule has 0 unspecified atom stereocenters. The van der Waals surface area contributed by atoms with Gasteiger partial charge in [0, 0.05) is 26.0 Å². The van der Waals surface area contributed by atoms with Gasteiger partial charge in [-0.25, -0.2) is 0 Å². The molecule has 6 rings (SSSR count). The number of nitrogens with zero attached hydrogens (tertiary/aromatic N) is 2. The maximum Gasteiger partial charge on any atom is 0.715 e. The molecule has 0 fully saturated rings. The van der Waals surface area contributed by atoms with Crippen LogP contribution in [-0.4, -0.2) is 26.6 Å². The monoisotopic (exact) mass is 354 g/mol. The molecule has 3 aromatic carbocycles. The van der Waals surface area contributed by atoms with Crippen LogP contribution in [0, 0.1) is 0 Å². The van der Waals surface area contributed by atoms with Gasteiger partial charge in [-0.3, -0.25) is 0 Å². The quantitative estimate of drug-likeness (QED) is 0.559. The zero-order chi connectivity index (χ0) is 18.2. The fourth-order valence-electron chi connectivity index (χ4n) is 4.47. The molecule has 0 saturated heterocycles. The SMILES string of the molecule is CC1=[N+]2c3ccccc3[N+]3=C(C)c4ccccc4OC23Oc2ccccc21. The lowest BCUT2D eigenvalue weighted by atomic mass is 10.1. The summed E-state index contributed by atoms with van der Waals surface area (Å²) in [7, 11) is 0. The lowest BCUT2D eigenvalue weighted by Crippen LogP contribution is -2.60. The van der Waals surface area contributed by atoms with Crippen molar-refractivity contribution < 1.29 is 18.6 Å².